The number of aromatic nitrogens is 1. The molecule has 0 aliphatic carbocycles. The van der Waals surface area contributed by atoms with Crippen LogP contribution in [-0.2, 0) is 4.79 Å². The Labute approximate surface area is 118 Å². The van der Waals surface area contributed by atoms with Crippen LogP contribution >= 0.6 is 23.2 Å². The van der Waals surface area contributed by atoms with Gasteiger partial charge in [0.25, 0.3) is 5.69 Å². The summed E-state index contributed by atoms with van der Waals surface area (Å²) in [5.41, 5.74) is 4.88. The average Bonchev–Trinajstić information content (AvgIpc) is 2.75. The van der Waals surface area contributed by atoms with Gasteiger partial charge >= 0.3 is 6.41 Å². The zero-order valence-electron chi connectivity index (χ0n) is 9.39. The molecule has 99 valence electrons. The number of H-pyrrole nitrogens is 1. The van der Waals surface area contributed by atoms with Gasteiger partial charge < -0.3 is 10.7 Å². The van der Waals surface area contributed by atoms with Gasteiger partial charge in [0.15, 0.2) is 0 Å². The fourth-order valence-corrected chi connectivity index (χ4v) is 1.93. The zero-order valence-corrected chi connectivity index (χ0v) is 10.9. The third kappa shape index (κ3) is 3.46. The molecule has 0 unspecified atom stereocenters. The monoisotopic (exact) mass is 300 g/mol. The first-order valence-corrected chi connectivity index (χ1v) is 5.61. The number of hydrogen-bond donors (Lipinski definition) is 2. The fraction of sp³-hybridized carbons (Fsp3) is 0. The van der Waals surface area contributed by atoms with Crippen molar-refractivity contribution in [3.63, 3.8) is 0 Å². The smallest absolute Gasteiger partial charge is 0.306 e. The summed E-state index contributed by atoms with van der Waals surface area (Å²) in [5.74, 6) is 0. The number of carbonyl (C=O) groups excluding carboxylic acids is 1. The van der Waals surface area contributed by atoms with Gasteiger partial charge in [0.1, 0.15) is 5.02 Å². The van der Waals surface area contributed by atoms with E-state index in [0.717, 1.165) is 6.41 Å². The maximum absolute atomic E-state index is 10.9. The Balaban J connectivity index is 0.000000550. The van der Waals surface area contributed by atoms with Crippen LogP contribution in [-0.4, -0.2) is 16.3 Å². The third-order valence-corrected chi connectivity index (χ3v) is 2.77. The van der Waals surface area contributed by atoms with Crippen molar-refractivity contribution < 1.29 is 9.72 Å². The van der Waals surface area contributed by atoms with E-state index in [1.54, 1.807) is 24.5 Å². The lowest BCUT2D eigenvalue weighted by atomic mass is 10.1. The Morgan fingerprint density at radius 3 is 2.32 bits per heavy atom. The first-order chi connectivity index (χ1) is 9.02. The predicted molar refractivity (Wildman–Crippen MR) is 72.8 cm³/mol. The molecule has 19 heavy (non-hydrogen) atoms. The van der Waals surface area contributed by atoms with E-state index in [-0.39, 0.29) is 10.7 Å². The number of para-hydroxylation sites is 1. The van der Waals surface area contributed by atoms with Crippen LogP contribution in [0, 0.1) is 10.1 Å². The molecule has 1 aromatic heterocycles. The lowest BCUT2D eigenvalue weighted by molar-refractivity contribution is -0.384. The zero-order chi connectivity index (χ0) is 14.4. The fourth-order valence-electron chi connectivity index (χ4n) is 1.47. The van der Waals surface area contributed by atoms with Crippen LogP contribution in [0.3, 0.4) is 0 Å². The van der Waals surface area contributed by atoms with E-state index in [1.165, 1.54) is 6.07 Å². The number of amides is 1. The Hall–Kier alpha value is -2.05. The number of nitro groups is 1. The Morgan fingerprint density at radius 1 is 1.21 bits per heavy atom. The molecule has 1 aromatic carbocycles. The summed E-state index contributed by atoms with van der Waals surface area (Å²) < 4.78 is 0. The van der Waals surface area contributed by atoms with E-state index in [9.17, 15) is 10.1 Å². The molecular weight excluding hydrogens is 293 g/mol. The van der Waals surface area contributed by atoms with Gasteiger partial charge in [-0.25, -0.2) is 0 Å². The van der Waals surface area contributed by atoms with Crippen molar-refractivity contribution in [2.75, 3.05) is 0 Å². The molecule has 2 aromatic rings. The highest BCUT2D eigenvalue weighted by Gasteiger charge is 2.21. The van der Waals surface area contributed by atoms with Crippen LogP contribution in [0.5, 0.6) is 0 Å². The van der Waals surface area contributed by atoms with Gasteiger partial charge in [-0.05, 0) is 12.1 Å². The standard InChI is InChI=1S/C10H6Cl2N2O2.CH2NO/c11-8-3-1-2-6(10(8)14(15)16)7-4-13-5-9(7)12;2-1-3/h1-5,13H;(H2,2,3). The summed E-state index contributed by atoms with van der Waals surface area (Å²) in [4.78, 5) is 21.6. The Bertz CT molecular complexity index is 599. The minimum Gasteiger partial charge on any atom is -0.366 e. The first kappa shape index (κ1) is 15.0. The molecule has 1 radical (unpaired) electrons. The quantitative estimate of drug-likeness (QED) is 0.506. The van der Waals surface area contributed by atoms with E-state index in [2.05, 4.69) is 10.7 Å². The number of aromatic amines is 1. The first-order valence-electron chi connectivity index (χ1n) is 4.86. The Kier molecular flexibility index (Phi) is 5.35. The summed E-state index contributed by atoms with van der Waals surface area (Å²) in [5, 5.41) is 11.4. The molecule has 0 fully saturated rings. The summed E-state index contributed by atoms with van der Waals surface area (Å²) in [6.45, 7) is 0. The van der Waals surface area contributed by atoms with Crippen molar-refractivity contribution in [2.45, 2.75) is 0 Å². The molecule has 1 amide bonds. The lowest BCUT2D eigenvalue weighted by Crippen LogP contribution is -1.92. The molecule has 0 aliphatic heterocycles. The van der Waals surface area contributed by atoms with Crippen molar-refractivity contribution in [1.82, 2.24) is 4.98 Å². The maximum Gasteiger partial charge on any atom is 0.306 e. The van der Waals surface area contributed by atoms with E-state index in [1.807, 2.05) is 0 Å². The third-order valence-electron chi connectivity index (χ3n) is 2.15. The molecule has 0 aliphatic rings. The van der Waals surface area contributed by atoms with Crippen LogP contribution in [0.2, 0.25) is 10.0 Å². The highest BCUT2D eigenvalue weighted by molar-refractivity contribution is 6.35. The molecule has 0 saturated carbocycles. The summed E-state index contributed by atoms with van der Waals surface area (Å²) in [6, 6.07) is 4.73. The number of halogens is 2. The number of rotatable bonds is 2. The van der Waals surface area contributed by atoms with Gasteiger partial charge in [-0.3, -0.25) is 14.9 Å². The van der Waals surface area contributed by atoms with Gasteiger partial charge in [-0.15, -0.1) is 0 Å². The number of nitrogens with zero attached hydrogens (tertiary/aromatic N) is 1. The van der Waals surface area contributed by atoms with Gasteiger partial charge in [0.05, 0.1) is 15.5 Å². The molecule has 8 heteroatoms. The molecule has 2 rings (SSSR count). The highest BCUT2D eigenvalue weighted by atomic mass is 35.5. The van der Waals surface area contributed by atoms with E-state index in [0.29, 0.717) is 16.1 Å². The summed E-state index contributed by atoms with van der Waals surface area (Å²) in [6.07, 6.45) is 4.16. The maximum atomic E-state index is 10.9. The number of hydrogen-bond acceptors (Lipinski definition) is 3. The number of benzene rings is 1. The van der Waals surface area contributed by atoms with Crippen LogP contribution in [0.15, 0.2) is 30.6 Å². The molecule has 1 heterocycles. The second kappa shape index (κ2) is 6.77. The number of nitro benzene ring substituents is 1. The highest BCUT2D eigenvalue weighted by Crippen LogP contribution is 2.38. The minimum atomic E-state index is -0.513. The van der Waals surface area contributed by atoms with Crippen molar-refractivity contribution in [3.8, 4) is 11.1 Å². The molecular formula is C11H8Cl2N3O3. The Morgan fingerprint density at radius 2 is 1.84 bits per heavy atom. The van der Waals surface area contributed by atoms with Crippen LogP contribution in [0.4, 0.5) is 5.69 Å². The molecule has 0 bridgehead atoms. The normalized spacial score (nSPS) is 9.37. The summed E-state index contributed by atoms with van der Waals surface area (Å²) >= 11 is 11.7. The minimum absolute atomic E-state index is 0.0970. The number of nitrogens with two attached hydrogens (primary N) is 1. The largest absolute Gasteiger partial charge is 0.366 e. The van der Waals surface area contributed by atoms with Gasteiger partial charge in [0.2, 0.25) is 0 Å². The van der Waals surface area contributed by atoms with E-state index >= 15 is 0 Å². The van der Waals surface area contributed by atoms with Crippen molar-refractivity contribution in [1.29, 1.82) is 0 Å². The SMILES string of the molecule is N[C]=O.O=[N+]([O-])c1c(Cl)cccc1-c1c[nH]cc1Cl. The average molecular weight is 301 g/mol. The van der Waals surface area contributed by atoms with Crippen LogP contribution < -0.4 is 5.73 Å². The summed E-state index contributed by atoms with van der Waals surface area (Å²) in [7, 11) is 0. The van der Waals surface area contributed by atoms with Crippen molar-refractivity contribution in [2.24, 2.45) is 5.73 Å². The molecule has 0 saturated heterocycles. The second-order valence-corrected chi connectivity index (χ2v) is 4.04. The molecule has 6 nitrogen and oxygen atoms in total. The van der Waals surface area contributed by atoms with Gasteiger partial charge in [-0.2, -0.15) is 0 Å². The topological polar surface area (TPSA) is 102 Å². The molecule has 3 N–H and O–H groups in total. The number of primary amides is 1. The lowest BCUT2D eigenvalue weighted by Gasteiger charge is -2.02. The molecule has 0 spiro atoms. The van der Waals surface area contributed by atoms with Crippen LogP contribution in [0.25, 0.3) is 11.1 Å². The van der Waals surface area contributed by atoms with Crippen molar-refractivity contribution >= 4 is 35.3 Å². The van der Waals surface area contributed by atoms with Crippen LogP contribution in [0.1, 0.15) is 0 Å². The van der Waals surface area contributed by atoms with Crippen molar-refractivity contribution in [3.05, 3.63) is 50.8 Å². The second-order valence-electron chi connectivity index (χ2n) is 3.23. The van der Waals surface area contributed by atoms with Gasteiger partial charge in [0, 0.05) is 18.0 Å². The van der Waals surface area contributed by atoms with E-state index in [4.69, 9.17) is 28.0 Å². The predicted octanol–water partition coefficient (Wildman–Crippen LogP) is 2.91. The van der Waals surface area contributed by atoms with E-state index < -0.39 is 4.92 Å². The van der Waals surface area contributed by atoms with Gasteiger partial charge in [-0.1, -0.05) is 29.3 Å². The molecule has 0 atom stereocenters. The number of nitrogens with one attached hydrogen (secondary N) is 1.